The fraction of sp³-hybridized carbons (Fsp3) is 0.533. The summed E-state index contributed by atoms with van der Waals surface area (Å²) in [5.74, 6) is 2.55. The van der Waals surface area contributed by atoms with Gasteiger partial charge < -0.3 is 18.9 Å². The summed E-state index contributed by atoms with van der Waals surface area (Å²) >= 11 is 1.39. The Labute approximate surface area is 142 Å². The SMILES string of the molecule is Cc1nc(CN2CCN(C(=O)c3scc4c3OCCO4)CC2)no1. The van der Waals surface area contributed by atoms with Crippen molar-refractivity contribution in [3.05, 3.63) is 22.0 Å². The third-order valence-electron chi connectivity index (χ3n) is 4.09. The van der Waals surface area contributed by atoms with Gasteiger partial charge in [-0.15, -0.1) is 11.3 Å². The number of amides is 1. The molecule has 0 radical (unpaired) electrons. The van der Waals surface area contributed by atoms with Crippen LogP contribution >= 0.6 is 11.3 Å². The molecule has 24 heavy (non-hydrogen) atoms. The zero-order chi connectivity index (χ0) is 16.5. The number of aryl methyl sites for hydroxylation is 1. The first-order chi connectivity index (χ1) is 11.7. The summed E-state index contributed by atoms with van der Waals surface area (Å²) in [6.07, 6.45) is 0. The van der Waals surface area contributed by atoms with Crippen molar-refractivity contribution in [2.75, 3.05) is 39.4 Å². The van der Waals surface area contributed by atoms with Gasteiger partial charge in [0.05, 0.1) is 6.54 Å². The van der Waals surface area contributed by atoms with Gasteiger partial charge in [-0.2, -0.15) is 4.98 Å². The van der Waals surface area contributed by atoms with Gasteiger partial charge in [0.15, 0.2) is 17.3 Å². The highest BCUT2D eigenvalue weighted by Crippen LogP contribution is 2.39. The van der Waals surface area contributed by atoms with Gasteiger partial charge in [0, 0.05) is 38.5 Å². The normalized spacial score (nSPS) is 18.0. The molecule has 0 spiro atoms. The Hall–Kier alpha value is -2.13. The number of carbonyl (C=O) groups is 1. The van der Waals surface area contributed by atoms with E-state index in [1.165, 1.54) is 11.3 Å². The van der Waals surface area contributed by atoms with Crippen molar-refractivity contribution in [3.8, 4) is 11.5 Å². The van der Waals surface area contributed by atoms with E-state index in [0.29, 0.717) is 60.9 Å². The van der Waals surface area contributed by atoms with Crippen LogP contribution in [0.2, 0.25) is 0 Å². The van der Waals surface area contributed by atoms with E-state index in [1.54, 1.807) is 6.92 Å². The van der Waals surface area contributed by atoms with Gasteiger partial charge in [-0.05, 0) is 0 Å². The molecule has 4 rings (SSSR count). The van der Waals surface area contributed by atoms with Gasteiger partial charge >= 0.3 is 0 Å². The molecular formula is C15H18N4O4S. The Balaban J connectivity index is 1.37. The molecular weight excluding hydrogens is 332 g/mol. The lowest BCUT2D eigenvalue weighted by atomic mass is 10.2. The number of thiophene rings is 1. The summed E-state index contributed by atoms with van der Waals surface area (Å²) in [4.78, 5) is 21.7. The molecule has 0 atom stereocenters. The Kier molecular flexibility index (Phi) is 4.11. The van der Waals surface area contributed by atoms with Crippen molar-refractivity contribution in [2.45, 2.75) is 13.5 Å². The van der Waals surface area contributed by atoms with Gasteiger partial charge in [0.2, 0.25) is 5.89 Å². The second-order valence-corrected chi connectivity index (χ2v) is 6.63. The molecule has 8 nitrogen and oxygen atoms in total. The highest BCUT2D eigenvalue weighted by molar-refractivity contribution is 7.12. The Bertz CT molecular complexity index is 736. The summed E-state index contributed by atoms with van der Waals surface area (Å²) in [5.41, 5.74) is 0. The van der Waals surface area contributed by atoms with Crippen molar-refractivity contribution in [2.24, 2.45) is 0 Å². The zero-order valence-corrected chi connectivity index (χ0v) is 14.2. The van der Waals surface area contributed by atoms with Crippen LogP contribution in [0.4, 0.5) is 0 Å². The molecule has 1 saturated heterocycles. The highest BCUT2D eigenvalue weighted by Gasteiger charge is 2.29. The van der Waals surface area contributed by atoms with E-state index in [-0.39, 0.29) is 5.91 Å². The third-order valence-corrected chi connectivity index (χ3v) is 5.02. The summed E-state index contributed by atoms with van der Waals surface area (Å²) in [5, 5.41) is 5.76. The molecule has 0 N–H and O–H groups in total. The number of hydrogen-bond acceptors (Lipinski definition) is 8. The molecule has 0 aromatic carbocycles. The molecule has 2 aromatic heterocycles. The largest absolute Gasteiger partial charge is 0.485 e. The van der Waals surface area contributed by atoms with E-state index >= 15 is 0 Å². The van der Waals surface area contributed by atoms with Crippen molar-refractivity contribution >= 4 is 17.2 Å². The predicted molar refractivity (Wildman–Crippen MR) is 85.5 cm³/mol. The van der Waals surface area contributed by atoms with Gasteiger partial charge in [0.1, 0.15) is 18.1 Å². The van der Waals surface area contributed by atoms with Crippen LogP contribution < -0.4 is 9.47 Å². The van der Waals surface area contributed by atoms with Gasteiger partial charge in [0.25, 0.3) is 5.91 Å². The lowest BCUT2D eigenvalue weighted by Gasteiger charge is -2.34. The number of rotatable bonds is 3. The van der Waals surface area contributed by atoms with E-state index in [2.05, 4.69) is 15.0 Å². The lowest BCUT2D eigenvalue weighted by molar-refractivity contribution is 0.0621. The second kappa shape index (κ2) is 6.40. The van der Waals surface area contributed by atoms with Crippen LogP contribution in [-0.4, -0.2) is 65.2 Å². The topological polar surface area (TPSA) is 80.9 Å². The summed E-state index contributed by atoms with van der Waals surface area (Å²) in [7, 11) is 0. The molecule has 0 unspecified atom stereocenters. The minimum absolute atomic E-state index is 0.0156. The van der Waals surface area contributed by atoms with Crippen molar-refractivity contribution < 1.29 is 18.8 Å². The molecule has 0 bridgehead atoms. The molecule has 128 valence electrons. The predicted octanol–water partition coefficient (Wildman–Crippen LogP) is 1.17. The van der Waals surface area contributed by atoms with Crippen LogP contribution in [0, 0.1) is 6.92 Å². The van der Waals surface area contributed by atoms with Crippen LogP contribution in [0.1, 0.15) is 21.4 Å². The van der Waals surface area contributed by atoms with E-state index in [9.17, 15) is 4.79 Å². The summed E-state index contributed by atoms with van der Waals surface area (Å²) in [6.45, 7) is 6.35. The number of carbonyl (C=O) groups excluding carboxylic acids is 1. The number of piperazine rings is 1. The van der Waals surface area contributed by atoms with E-state index < -0.39 is 0 Å². The molecule has 2 aliphatic rings. The maximum Gasteiger partial charge on any atom is 0.267 e. The van der Waals surface area contributed by atoms with Crippen LogP contribution in [0.5, 0.6) is 11.5 Å². The fourth-order valence-corrected chi connectivity index (χ4v) is 3.77. The first kappa shape index (κ1) is 15.4. The number of ether oxygens (including phenoxy) is 2. The first-order valence-corrected chi connectivity index (χ1v) is 8.76. The smallest absolute Gasteiger partial charge is 0.267 e. The Morgan fingerprint density at radius 2 is 2.04 bits per heavy atom. The summed E-state index contributed by atoms with van der Waals surface area (Å²) < 4.78 is 16.1. The molecule has 1 fully saturated rings. The number of aromatic nitrogens is 2. The minimum Gasteiger partial charge on any atom is -0.485 e. The molecule has 4 heterocycles. The summed E-state index contributed by atoms with van der Waals surface area (Å²) in [6, 6.07) is 0. The third kappa shape index (κ3) is 2.96. The number of fused-ring (bicyclic) bond motifs is 1. The molecule has 0 aliphatic carbocycles. The van der Waals surface area contributed by atoms with E-state index in [0.717, 1.165) is 13.1 Å². The van der Waals surface area contributed by atoms with Crippen molar-refractivity contribution in [1.29, 1.82) is 0 Å². The minimum atomic E-state index is 0.0156. The number of hydrogen-bond donors (Lipinski definition) is 0. The van der Waals surface area contributed by atoms with Crippen molar-refractivity contribution in [1.82, 2.24) is 19.9 Å². The zero-order valence-electron chi connectivity index (χ0n) is 13.4. The molecule has 2 aliphatic heterocycles. The van der Waals surface area contributed by atoms with E-state index in [1.807, 2.05) is 10.3 Å². The maximum atomic E-state index is 12.7. The Morgan fingerprint density at radius 3 is 2.79 bits per heavy atom. The molecule has 9 heteroatoms. The highest BCUT2D eigenvalue weighted by atomic mass is 32.1. The molecule has 2 aromatic rings. The van der Waals surface area contributed by atoms with Crippen LogP contribution in [0.25, 0.3) is 0 Å². The molecule has 1 amide bonds. The monoisotopic (exact) mass is 350 g/mol. The standard InChI is InChI=1S/C15H18N4O4S/c1-10-16-12(17-23-10)8-18-2-4-19(5-3-18)15(20)14-13-11(9-24-14)21-6-7-22-13/h9H,2-8H2,1H3. The van der Waals surface area contributed by atoms with E-state index in [4.69, 9.17) is 14.0 Å². The van der Waals surface area contributed by atoms with Crippen molar-refractivity contribution in [3.63, 3.8) is 0 Å². The number of nitrogens with zero attached hydrogens (tertiary/aromatic N) is 4. The van der Waals surface area contributed by atoms with Crippen LogP contribution in [-0.2, 0) is 6.54 Å². The van der Waals surface area contributed by atoms with Gasteiger partial charge in [-0.25, -0.2) is 0 Å². The molecule has 0 saturated carbocycles. The van der Waals surface area contributed by atoms with Crippen LogP contribution in [0.15, 0.2) is 9.90 Å². The average Bonchev–Trinajstić information content (AvgIpc) is 3.21. The van der Waals surface area contributed by atoms with Crippen LogP contribution in [0.3, 0.4) is 0 Å². The average molecular weight is 350 g/mol. The maximum absolute atomic E-state index is 12.7. The lowest BCUT2D eigenvalue weighted by Crippen LogP contribution is -2.48. The fourth-order valence-electron chi connectivity index (χ4n) is 2.87. The Morgan fingerprint density at radius 1 is 1.25 bits per heavy atom. The first-order valence-electron chi connectivity index (χ1n) is 7.88. The second-order valence-electron chi connectivity index (χ2n) is 5.75. The van der Waals surface area contributed by atoms with Gasteiger partial charge in [-0.3, -0.25) is 9.69 Å². The van der Waals surface area contributed by atoms with Gasteiger partial charge in [-0.1, -0.05) is 5.16 Å². The quantitative estimate of drug-likeness (QED) is 0.822.